The Hall–Kier alpha value is -1.73. The highest BCUT2D eigenvalue weighted by Gasteiger charge is 2.24. The van der Waals surface area contributed by atoms with Crippen molar-refractivity contribution in [1.29, 1.82) is 0 Å². The van der Waals surface area contributed by atoms with Crippen molar-refractivity contribution in [3.05, 3.63) is 57.1 Å². The Kier molecular flexibility index (Phi) is 5.59. The summed E-state index contributed by atoms with van der Waals surface area (Å²) in [6.07, 6.45) is 6.02. The Labute approximate surface area is 161 Å². The van der Waals surface area contributed by atoms with Crippen LogP contribution in [0.25, 0.3) is 0 Å². The molecule has 1 aromatic heterocycles. The van der Waals surface area contributed by atoms with Gasteiger partial charge >= 0.3 is 5.69 Å². The molecule has 7 heteroatoms. The summed E-state index contributed by atoms with van der Waals surface area (Å²) in [6, 6.07) is 3.90. The fourth-order valence-electron chi connectivity index (χ4n) is 3.83. The third-order valence-electron chi connectivity index (χ3n) is 5.22. The van der Waals surface area contributed by atoms with E-state index in [4.69, 9.17) is 4.74 Å². The number of rotatable bonds is 5. The van der Waals surface area contributed by atoms with E-state index >= 15 is 0 Å². The molecule has 4 rings (SSSR count). The van der Waals surface area contributed by atoms with E-state index in [2.05, 4.69) is 4.98 Å². The van der Waals surface area contributed by atoms with Crippen LogP contribution >= 0.6 is 11.8 Å². The third kappa shape index (κ3) is 4.09. The van der Waals surface area contributed by atoms with Crippen LogP contribution in [-0.2, 0) is 29.9 Å². The maximum Gasteiger partial charge on any atom is 0.348 e. The molecule has 1 fully saturated rings. The first-order chi connectivity index (χ1) is 13.1. The zero-order chi connectivity index (χ0) is 18.8. The van der Waals surface area contributed by atoms with E-state index in [1.807, 2.05) is 0 Å². The van der Waals surface area contributed by atoms with Crippen LogP contribution in [0.15, 0.2) is 28.0 Å². The molecule has 4 nitrogen and oxygen atoms in total. The van der Waals surface area contributed by atoms with Gasteiger partial charge in [0, 0.05) is 23.6 Å². The summed E-state index contributed by atoms with van der Waals surface area (Å²) in [6.45, 7) is 1.33. The molecule has 1 unspecified atom stereocenters. The van der Waals surface area contributed by atoms with E-state index in [0.29, 0.717) is 17.9 Å². The predicted octanol–water partition coefficient (Wildman–Crippen LogP) is 3.87. The molecule has 1 aliphatic carbocycles. The average Bonchev–Trinajstić information content (AvgIpc) is 3.18. The van der Waals surface area contributed by atoms with Crippen molar-refractivity contribution in [2.75, 3.05) is 6.61 Å². The van der Waals surface area contributed by atoms with Gasteiger partial charge in [-0.25, -0.2) is 13.6 Å². The quantitative estimate of drug-likeness (QED) is 0.572. The average molecular weight is 392 g/mol. The summed E-state index contributed by atoms with van der Waals surface area (Å²) >= 11 is 1.42. The fourth-order valence-corrected chi connectivity index (χ4v) is 4.85. The molecule has 2 heterocycles. The van der Waals surface area contributed by atoms with Crippen LogP contribution in [0.2, 0.25) is 0 Å². The zero-order valence-electron chi connectivity index (χ0n) is 15.0. The minimum absolute atomic E-state index is 0.0937. The second-order valence-electron chi connectivity index (χ2n) is 7.11. The van der Waals surface area contributed by atoms with E-state index in [1.54, 1.807) is 10.6 Å². The van der Waals surface area contributed by atoms with Crippen LogP contribution in [-0.4, -0.2) is 22.3 Å². The second kappa shape index (κ2) is 8.10. The lowest BCUT2D eigenvalue weighted by atomic mass is 9.97. The molecule has 0 N–H and O–H groups in total. The first-order valence-corrected chi connectivity index (χ1v) is 10.4. The molecule has 0 spiro atoms. The van der Waals surface area contributed by atoms with Crippen LogP contribution in [0.1, 0.15) is 42.5 Å². The van der Waals surface area contributed by atoms with E-state index in [1.165, 1.54) is 17.8 Å². The molecule has 2 aromatic rings. The number of benzene rings is 1. The molecule has 0 saturated carbocycles. The number of aromatic nitrogens is 2. The lowest BCUT2D eigenvalue weighted by Crippen LogP contribution is -2.33. The Bertz CT molecular complexity index is 894. The van der Waals surface area contributed by atoms with Gasteiger partial charge in [0.2, 0.25) is 0 Å². The molecule has 144 valence electrons. The van der Waals surface area contributed by atoms with Crippen LogP contribution in [0.4, 0.5) is 8.78 Å². The summed E-state index contributed by atoms with van der Waals surface area (Å²) in [5.74, 6) is -1.25. The normalized spacial score (nSPS) is 19.3. The van der Waals surface area contributed by atoms with Crippen LogP contribution in [0, 0.1) is 11.6 Å². The molecule has 1 aromatic carbocycles. The van der Waals surface area contributed by atoms with Crippen molar-refractivity contribution in [2.45, 2.75) is 62.0 Å². The third-order valence-corrected chi connectivity index (χ3v) is 6.31. The molecule has 1 aliphatic heterocycles. The van der Waals surface area contributed by atoms with Gasteiger partial charge in [-0.3, -0.25) is 4.57 Å². The van der Waals surface area contributed by atoms with E-state index in [9.17, 15) is 13.6 Å². The molecule has 1 saturated heterocycles. The topological polar surface area (TPSA) is 44.1 Å². The highest BCUT2D eigenvalue weighted by molar-refractivity contribution is 7.98. The number of thioether (sulfide) groups is 1. The predicted molar refractivity (Wildman–Crippen MR) is 100 cm³/mol. The highest BCUT2D eigenvalue weighted by atomic mass is 32.2. The first kappa shape index (κ1) is 18.6. The largest absolute Gasteiger partial charge is 0.376 e. The SMILES string of the molecule is O=c1nc(SCc2ccc(F)c(F)c2)c2c(n1CC1CCCO1)CCCC2. The Morgan fingerprint density at radius 2 is 2.04 bits per heavy atom. The van der Waals surface area contributed by atoms with Gasteiger partial charge < -0.3 is 4.74 Å². The van der Waals surface area contributed by atoms with Crippen LogP contribution < -0.4 is 5.69 Å². The van der Waals surface area contributed by atoms with Gasteiger partial charge in [-0.15, -0.1) is 11.8 Å². The van der Waals surface area contributed by atoms with Crippen molar-refractivity contribution < 1.29 is 13.5 Å². The van der Waals surface area contributed by atoms with Gasteiger partial charge in [0.25, 0.3) is 0 Å². The summed E-state index contributed by atoms with van der Waals surface area (Å²) in [5, 5.41) is 0.725. The van der Waals surface area contributed by atoms with Crippen LogP contribution in [0.3, 0.4) is 0 Å². The molecule has 0 radical (unpaired) electrons. The standard InChI is InChI=1S/C20H22F2N2O2S/c21-16-8-7-13(10-17(16)22)12-27-19-15-5-1-2-6-18(15)24(20(25)23-19)11-14-4-3-9-26-14/h7-8,10,14H,1-6,9,11-12H2. The Morgan fingerprint density at radius 1 is 1.19 bits per heavy atom. The van der Waals surface area contributed by atoms with Gasteiger partial charge in [0.05, 0.1) is 12.6 Å². The minimum Gasteiger partial charge on any atom is -0.376 e. The Morgan fingerprint density at radius 3 is 2.81 bits per heavy atom. The maximum absolute atomic E-state index is 13.4. The van der Waals surface area contributed by atoms with E-state index in [0.717, 1.165) is 67.5 Å². The lowest BCUT2D eigenvalue weighted by Gasteiger charge is -2.24. The van der Waals surface area contributed by atoms with Crippen LogP contribution in [0.5, 0.6) is 0 Å². The fraction of sp³-hybridized carbons (Fsp3) is 0.500. The monoisotopic (exact) mass is 392 g/mol. The molecule has 0 amide bonds. The van der Waals surface area contributed by atoms with E-state index in [-0.39, 0.29) is 11.8 Å². The van der Waals surface area contributed by atoms with Gasteiger partial charge in [0.15, 0.2) is 11.6 Å². The Balaban J connectivity index is 1.60. The number of nitrogens with zero attached hydrogens (tertiary/aromatic N) is 2. The van der Waals surface area contributed by atoms with E-state index < -0.39 is 11.6 Å². The molecule has 27 heavy (non-hydrogen) atoms. The summed E-state index contributed by atoms with van der Waals surface area (Å²) in [5.41, 5.74) is 2.64. The molecular weight excluding hydrogens is 370 g/mol. The summed E-state index contributed by atoms with van der Waals surface area (Å²) in [7, 11) is 0. The van der Waals surface area contributed by atoms with Crippen molar-refractivity contribution >= 4 is 11.8 Å². The van der Waals surface area contributed by atoms with Crippen molar-refractivity contribution in [2.24, 2.45) is 0 Å². The number of fused-ring (bicyclic) bond motifs is 1. The second-order valence-corrected chi connectivity index (χ2v) is 8.08. The van der Waals surface area contributed by atoms with Gasteiger partial charge in [-0.1, -0.05) is 6.07 Å². The van der Waals surface area contributed by atoms with Gasteiger partial charge in [-0.05, 0) is 56.2 Å². The molecule has 0 bridgehead atoms. The number of ether oxygens (including phenoxy) is 1. The first-order valence-electron chi connectivity index (χ1n) is 9.43. The zero-order valence-corrected chi connectivity index (χ0v) is 15.9. The van der Waals surface area contributed by atoms with Gasteiger partial charge in [-0.2, -0.15) is 4.98 Å². The van der Waals surface area contributed by atoms with Crippen molar-refractivity contribution in [3.8, 4) is 0 Å². The minimum atomic E-state index is -0.852. The van der Waals surface area contributed by atoms with Crippen molar-refractivity contribution in [1.82, 2.24) is 9.55 Å². The van der Waals surface area contributed by atoms with Crippen molar-refractivity contribution in [3.63, 3.8) is 0 Å². The maximum atomic E-state index is 13.4. The molecule has 1 atom stereocenters. The molecular formula is C20H22F2N2O2S. The van der Waals surface area contributed by atoms with Gasteiger partial charge in [0.1, 0.15) is 5.03 Å². The molecule has 2 aliphatic rings. The number of hydrogen-bond acceptors (Lipinski definition) is 4. The summed E-state index contributed by atoms with van der Waals surface area (Å²) < 4.78 is 34.0. The summed E-state index contributed by atoms with van der Waals surface area (Å²) in [4.78, 5) is 17.0. The highest BCUT2D eigenvalue weighted by Crippen LogP contribution is 2.31. The lowest BCUT2D eigenvalue weighted by molar-refractivity contribution is 0.0947. The number of halogens is 2. The number of hydrogen-bond donors (Lipinski definition) is 0. The smallest absolute Gasteiger partial charge is 0.348 e.